The minimum Gasteiger partial charge on any atom is -0.374 e. The first-order valence-corrected chi connectivity index (χ1v) is 7.16. The van der Waals surface area contributed by atoms with Crippen molar-refractivity contribution in [2.45, 2.75) is 37.8 Å². The third-order valence-corrected chi connectivity index (χ3v) is 4.35. The van der Waals surface area contributed by atoms with Gasteiger partial charge in [0.05, 0.1) is 17.2 Å². The Kier molecular flexibility index (Phi) is 3.70. The predicted molar refractivity (Wildman–Crippen MR) is 80.1 cm³/mol. The van der Waals surface area contributed by atoms with Crippen molar-refractivity contribution >= 4 is 10.9 Å². The number of hydrogen-bond donors (Lipinski definition) is 2. The highest BCUT2D eigenvalue weighted by atomic mass is 16.5. The van der Waals surface area contributed by atoms with Crippen molar-refractivity contribution in [1.82, 2.24) is 10.4 Å². The molecule has 0 spiro atoms. The van der Waals surface area contributed by atoms with E-state index in [1.165, 1.54) is 10.9 Å². The number of hydrazine groups is 1. The Morgan fingerprint density at radius 2 is 2.25 bits per heavy atom. The van der Waals surface area contributed by atoms with E-state index >= 15 is 0 Å². The van der Waals surface area contributed by atoms with Crippen LogP contribution in [0.4, 0.5) is 0 Å². The van der Waals surface area contributed by atoms with Gasteiger partial charge in [-0.3, -0.25) is 16.3 Å². The van der Waals surface area contributed by atoms with Crippen LogP contribution in [0.1, 0.15) is 25.3 Å². The maximum Gasteiger partial charge on any atom is 0.0824 e. The van der Waals surface area contributed by atoms with Crippen molar-refractivity contribution < 1.29 is 4.74 Å². The quantitative estimate of drug-likeness (QED) is 0.661. The maximum absolute atomic E-state index is 5.92. The number of rotatable bonds is 4. The third kappa shape index (κ3) is 2.42. The second kappa shape index (κ2) is 5.48. The smallest absolute Gasteiger partial charge is 0.0824 e. The van der Waals surface area contributed by atoms with Gasteiger partial charge in [0.2, 0.25) is 0 Å². The molecule has 3 rings (SSSR count). The Hall–Kier alpha value is -1.49. The van der Waals surface area contributed by atoms with E-state index < -0.39 is 0 Å². The van der Waals surface area contributed by atoms with Crippen LogP contribution in [-0.4, -0.2) is 23.2 Å². The summed E-state index contributed by atoms with van der Waals surface area (Å²) in [4.78, 5) is 4.41. The first-order chi connectivity index (χ1) is 9.73. The van der Waals surface area contributed by atoms with E-state index in [0.717, 1.165) is 31.4 Å². The molecule has 4 nitrogen and oxygen atoms in total. The van der Waals surface area contributed by atoms with Gasteiger partial charge >= 0.3 is 0 Å². The van der Waals surface area contributed by atoms with Gasteiger partial charge in [-0.2, -0.15) is 0 Å². The third-order valence-electron chi connectivity index (χ3n) is 4.35. The van der Waals surface area contributed by atoms with Gasteiger partial charge in [0, 0.05) is 18.2 Å². The lowest BCUT2D eigenvalue weighted by Crippen LogP contribution is -2.52. The number of nitrogens with two attached hydrogens (primary N) is 1. The average Bonchev–Trinajstić information content (AvgIpc) is 2.92. The summed E-state index contributed by atoms with van der Waals surface area (Å²) >= 11 is 0. The molecule has 1 aromatic carbocycles. The van der Waals surface area contributed by atoms with Crippen LogP contribution in [0.5, 0.6) is 0 Å². The second-order valence-corrected chi connectivity index (χ2v) is 5.68. The number of pyridine rings is 1. The lowest BCUT2D eigenvalue weighted by atomic mass is 9.88. The van der Waals surface area contributed by atoms with E-state index in [1.54, 1.807) is 0 Å². The van der Waals surface area contributed by atoms with Gasteiger partial charge in [0.1, 0.15) is 0 Å². The number of nitrogens with zero attached hydrogens (tertiary/aromatic N) is 1. The standard InChI is InChI=1S/C16H21N3O/c1-16(8-4-10-20-16)15(19-17)11-12-7-9-18-14-6-3-2-5-13(12)14/h2-3,5-7,9,15,19H,4,8,10-11,17H2,1H3. The fraction of sp³-hybridized carbons (Fsp3) is 0.438. The van der Waals surface area contributed by atoms with Crippen molar-refractivity contribution in [1.29, 1.82) is 0 Å². The Balaban J connectivity index is 1.91. The molecule has 2 heterocycles. The lowest BCUT2D eigenvalue weighted by molar-refractivity contribution is -0.0114. The summed E-state index contributed by atoms with van der Waals surface area (Å²) in [6.45, 7) is 2.97. The normalized spacial score (nSPS) is 24.1. The van der Waals surface area contributed by atoms with E-state index in [2.05, 4.69) is 29.5 Å². The molecule has 2 atom stereocenters. The van der Waals surface area contributed by atoms with Crippen molar-refractivity contribution in [3.63, 3.8) is 0 Å². The zero-order valence-electron chi connectivity index (χ0n) is 11.8. The monoisotopic (exact) mass is 271 g/mol. The fourth-order valence-corrected chi connectivity index (χ4v) is 3.08. The molecule has 106 valence electrons. The van der Waals surface area contributed by atoms with Crippen LogP contribution >= 0.6 is 0 Å². The Bertz CT molecular complexity index is 588. The van der Waals surface area contributed by atoms with E-state index in [4.69, 9.17) is 10.6 Å². The molecule has 20 heavy (non-hydrogen) atoms. The van der Waals surface area contributed by atoms with Crippen molar-refractivity contribution in [2.24, 2.45) is 5.84 Å². The average molecular weight is 271 g/mol. The van der Waals surface area contributed by atoms with Gasteiger partial charge in [-0.15, -0.1) is 0 Å². The summed E-state index contributed by atoms with van der Waals surface area (Å²) in [5, 5.41) is 1.19. The van der Waals surface area contributed by atoms with Gasteiger partial charge in [0.15, 0.2) is 0 Å². The number of ether oxygens (including phenoxy) is 1. The van der Waals surface area contributed by atoms with Crippen LogP contribution in [-0.2, 0) is 11.2 Å². The molecule has 1 aliphatic heterocycles. The molecule has 2 aromatic rings. The van der Waals surface area contributed by atoms with Crippen LogP contribution in [0.15, 0.2) is 36.5 Å². The molecule has 3 N–H and O–H groups in total. The number of hydrogen-bond acceptors (Lipinski definition) is 4. The molecule has 1 saturated heterocycles. The Labute approximate surface area is 119 Å². The number of aromatic nitrogens is 1. The highest BCUT2D eigenvalue weighted by Crippen LogP contribution is 2.31. The molecule has 0 saturated carbocycles. The van der Waals surface area contributed by atoms with E-state index in [0.29, 0.717) is 0 Å². The zero-order chi connectivity index (χ0) is 14.0. The molecule has 0 amide bonds. The van der Waals surface area contributed by atoms with Crippen molar-refractivity contribution in [3.8, 4) is 0 Å². The van der Waals surface area contributed by atoms with E-state index in [9.17, 15) is 0 Å². The zero-order valence-corrected chi connectivity index (χ0v) is 11.8. The van der Waals surface area contributed by atoms with E-state index in [1.807, 2.05) is 24.4 Å². The minimum absolute atomic E-state index is 0.107. The number of benzene rings is 1. The molecule has 0 aliphatic carbocycles. The molecule has 0 bridgehead atoms. The molecule has 1 fully saturated rings. The number of fused-ring (bicyclic) bond motifs is 1. The summed E-state index contributed by atoms with van der Waals surface area (Å²) in [5.74, 6) is 5.78. The van der Waals surface area contributed by atoms with Gasteiger partial charge in [-0.05, 0) is 43.9 Å². The summed E-state index contributed by atoms with van der Waals surface area (Å²) in [5.41, 5.74) is 5.06. The van der Waals surface area contributed by atoms with Gasteiger partial charge < -0.3 is 4.74 Å². The molecular formula is C16H21N3O. The number of nitrogens with one attached hydrogen (secondary N) is 1. The molecule has 0 radical (unpaired) electrons. The minimum atomic E-state index is -0.181. The van der Waals surface area contributed by atoms with Crippen molar-refractivity contribution in [2.75, 3.05) is 6.61 Å². The summed E-state index contributed by atoms with van der Waals surface area (Å²) in [6.07, 6.45) is 4.86. The molecular weight excluding hydrogens is 250 g/mol. The largest absolute Gasteiger partial charge is 0.374 e. The predicted octanol–water partition coefficient (Wildman–Crippen LogP) is 2.18. The van der Waals surface area contributed by atoms with Gasteiger partial charge in [0.25, 0.3) is 0 Å². The van der Waals surface area contributed by atoms with Gasteiger partial charge in [-0.25, -0.2) is 0 Å². The Morgan fingerprint density at radius 1 is 1.40 bits per heavy atom. The van der Waals surface area contributed by atoms with Crippen molar-refractivity contribution in [3.05, 3.63) is 42.1 Å². The van der Waals surface area contributed by atoms with Crippen LogP contribution in [0.2, 0.25) is 0 Å². The first-order valence-electron chi connectivity index (χ1n) is 7.16. The lowest BCUT2D eigenvalue weighted by Gasteiger charge is -2.33. The van der Waals surface area contributed by atoms with Crippen LogP contribution in [0.3, 0.4) is 0 Å². The molecule has 4 heteroatoms. The highest BCUT2D eigenvalue weighted by molar-refractivity contribution is 5.81. The summed E-state index contributed by atoms with van der Waals surface area (Å²) < 4.78 is 5.92. The fourth-order valence-electron chi connectivity index (χ4n) is 3.08. The second-order valence-electron chi connectivity index (χ2n) is 5.68. The van der Waals surface area contributed by atoms with Crippen LogP contribution in [0, 0.1) is 0 Å². The summed E-state index contributed by atoms with van der Waals surface area (Å²) in [6, 6.07) is 10.4. The number of para-hydroxylation sites is 1. The molecule has 1 aliphatic rings. The summed E-state index contributed by atoms with van der Waals surface area (Å²) in [7, 11) is 0. The SMILES string of the molecule is CC1(C(Cc2ccnc3ccccc23)NN)CCCO1. The first kappa shape index (κ1) is 13.5. The topological polar surface area (TPSA) is 60.2 Å². The Morgan fingerprint density at radius 3 is 3.00 bits per heavy atom. The van der Waals surface area contributed by atoms with Crippen LogP contribution < -0.4 is 11.3 Å². The highest BCUT2D eigenvalue weighted by Gasteiger charge is 2.38. The molecule has 1 aromatic heterocycles. The maximum atomic E-state index is 5.92. The van der Waals surface area contributed by atoms with Gasteiger partial charge in [-0.1, -0.05) is 18.2 Å². The molecule has 2 unspecified atom stereocenters. The van der Waals surface area contributed by atoms with Crippen LogP contribution in [0.25, 0.3) is 10.9 Å². The van der Waals surface area contributed by atoms with E-state index in [-0.39, 0.29) is 11.6 Å².